The SMILES string of the molecule is Cc1ccc(NC(=O)COc2cc(C)nc(-c3ccc(F)cc3)n2)c(Br)c1. The van der Waals surface area contributed by atoms with Crippen LogP contribution in [0.15, 0.2) is 53.0 Å². The zero-order valence-electron chi connectivity index (χ0n) is 14.8. The van der Waals surface area contributed by atoms with E-state index in [0.29, 0.717) is 22.8 Å². The molecule has 3 aromatic rings. The Morgan fingerprint density at radius 1 is 1.11 bits per heavy atom. The zero-order chi connectivity index (χ0) is 19.4. The van der Waals surface area contributed by atoms with Crippen molar-refractivity contribution < 1.29 is 13.9 Å². The van der Waals surface area contributed by atoms with Crippen molar-refractivity contribution in [2.45, 2.75) is 13.8 Å². The van der Waals surface area contributed by atoms with Gasteiger partial charge in [0, 0.05) is 21.8 Å². The van der Waals surface area contributed by atoms with E-state index in [1.165, 1.54) is 12.1 Å². The fourth-order valence-electron chi connectivity index (χ4n) is 2.39. The zero-order valence-corrected chi connectivity index (χ0v) is 16.4. The topological polar surface area (TPSA) is 64.1 Å². The summed E-state index contributed by atoms with van der Waals surface area (Å²) in [7, 11) is 0. The second kappa shape index (κ2) is 8.26. The number of nitrogens with one attached hydrogen (secondary N) is 1. The molecule has 5 nitrogen and oxygen atoms in total. The first-order chi connectivity index (χ1) is 12.9. The number of anilines is 1. The number of benzene rings is 2. The number of aryl methyl sites for hydroxylation is 2. The highest BCUT2D eigenvalue weighted by molar-refractivity contribution is 9.10. The highest BCUT2D eigenvalue weighted by atomic mass is 79.9. The number of carbonyl (C=O) groups excluding carboxylic acids is 1. The van der Waals surface area contributed by atoms with E-state index in [1.54, 1.807) is 25.1 Å². The van der Waals surface area contributed by atoms with E-state index in [-0.39, 0.29) is 24.2 Å². The van der Waals surface area contributed by atoms with E-state index in [2.05, 4.69) is 31.2 Å². The number of nitrogens with zero attached hydrogens (tertiary/aromatic N) is 2. The van der Waals surface area contributed by atoms with Gasteiger partial charge in [-0.05, 0) is 71.7 Å². The molecule has 0 spiro atoms. The minimum Gasteiger partial charge on any atom is -0.467 e. The number of hydrogen-bond acceptors (Lipinski definition) is 4. The van der Waals surface area contributed by atoms with Gasteiger partial charge in [0.25, 0.3) is 5.91 Å². The molecule has 1 N–H and O–H groups in total. The third kappa shape index (κ3) is 5.10. The summed E-state index contributed by atoms with van der Waals surface area (Å²) in [6.07, 6.45) is 0. The van der Waals surface area contributed by atoms with Gasteiger partial charge in [-0.15, -0.1) is 0 Å². The summed E-state index contributed by atoms with van der Waals surface area (Å²) in [6.45, 7) is 3.57. The number of rotatable bonds is 5. The molecule has 1 amide bonds. The van der Waals surface area contributed by atoms with Gasteiger partial charge in [0.1, 0.15) is 5.82 Å². The van der Waals surface area contributed by atoms with E-state index < -0.39 is 0 Å². The van der Waals surface area contributed by atoms with Crippen LogP contribution in [0.1, 0.15) is 11.3 Å². The number of carbonyl (C=O) groups is 1. The number of halogens is 2. The van der Waals surface area contributed by atoms with Crippen LogP contribution in [0.5, 0.6) is 5.88 Å². The average molecular weight is 430 g/mol. The molecule has 0 fully saturated rings. The van der Waals surface area contributed by atoms with Crippen LogP contribution in [-0.4, -0.2) is 22.5 Å². The third-order valence-electron chi connectivity index (χ3n) is 3.68. The molecular weight excluding hydrogens is 413 g/mol. The highest BCUT2D eigenvalue weighted by Crippen LogP contribution is 2.23. The number of aromatic nitrogens is 2. The number of amides is 1. The summed E-state index contributed by atoms with van der Waals surface area (Å²) < 4.78 is 19.4. The monoisotopic (exact) mass is 429 g/mol. The van der Waals surface area contributed by atoms with Crippen LogP contribution in [0.4, 0.5) is 10.1 Å². The molecule has 27 heavy (non-hydrogen) atoms. The molecule has 0 bridgehead atoms. The van der Waals surface area contributed by atoms with Gasteiger partial charge in [-0.25, -0.2) is 9.37 Å². The maximum absolute atomic E-state index is 13.1. The molecule has 0 aliphatic carbocycles. The van der Waals surface area contributed by atoms with Crippen LogP contribution in [0.25, 0.3) is 11.4 Å². The van der Waals surface area contributed by atoms with E-state index in [1.807, 2.05) is 25.1 Å². The first kappa shape index (κ1) is 19.0. The van der Waals surface area contributed by atoms with Gasteiger partial charge >= 0.3 is 0 Å². The molecule has 0 saturated heterocycles. The quantitative estimate of drug-likeness (QED) is 0.639. The molecule has 0 unspecified atom stereocenters. The Bertz CT molecular complexity index is 977. The van der Waals surface area contributed by atoms with Crippen LogP contribution in [0, 0.1) is 19.7 Å². The molecular formula is C20H17BrFN3O2. The lowest BCUT2D eigenvalue weighted by Gasteiger charge is -2.10. The molecule has 138 valence electrons. The molecule has 0 radical (unpaired) electrons. The van der Waals surface area contributed by atoms with Crippen molar-refractivity contribution in [1.82, 2.24) is 9.97 Å². The lowest BCUT2D eigenvalue weighted by Crippen LogP contribution is -2.21. The summed E-state index contributed by atoms with van der Waals surface area (Å²) in [6, 6.07) is 13.2. The molecule has 2 aromatic carbocycles. The minimum absolute atomic E-state index is 0.195. The Balaban J connectivity index is 1.68. The van der Waals surface area contributed by atoms with E-state index >= 15 is 0 Å². The van der Waals surface area contributed by atoms with Crippen molar-refractivity contribution in [3.63, 3.8) is 0 Å². The normalized spacial score (nSPS) is 10.5. The van der Waals surface area contributed by atoms with Crippen molar-refractivity contribution in [1.29, 1.82) is 0 Å². The molecule has 7 heteroatoms. The smallest absolute Gasteiger partial charge is 0.262 e. The number of ether oxygens (including phenoxy) is 1. The van der Waals surface area contributed by atoms with Crippen LogP contribution >= 0.6 is 15.9 Å². The minimum atomic E-state index is -0.332. The number of hydrogen-bond donors (Lipinski definition) is 1. The Labute approximate surface area is 164 Å². The molecule has 0 atom stereocenters. The standard InChI is InChI=1S/C20H17BrFN3O2/c1-12-3-8-17(16(21)9-12)24-18(26)11-27-19-10-13(2)23-20(25-19)14-4-6-15(22)7-5-14/h3-10H,11H2,1-2H3,(H,24,26). The van der Waals surface area contributed by atoms with Gasteiger partial charge < -0.3 is 10.1 Å². The Kier molecular flexibility index (Phi) is 5.81. The van der Waals surface area contributed by atoms with Crippen LogP contribution in [-0.2, 0) is 4.79 Å². The van der Waals surface area contributed by atoms with Gasteiger partial charge in [0.05, 0.1) is 5.69 Å². The Morgan fingerprint density at radius 3 is 2.56 bits per heavy atom. The van der Waals surface area contributed by atoms with Crippen LogP contribution < -0.4 is 10.1 Å². The second-order valence-electron chi connectivity index (χ2n) is 6.00. The molecule has 3 rings (SSSR count). The van der Waals surface area contributed by atoms with E-state index in [4.69, 9.17) is 4.74 Å². The van der Waals surface area contributed by atoms with Crippen molar-refractivity contribution in [3.8, 4) is 17.3 Å². The van der Waals surface area contributed by atoms with E-state index in [9.17, 15) is 9.18 Å². The van der Waals surface area contributed by atoms with Gasteiger partial charge in [0.2, 0.25) is 5.88 Å². The molecule has 0 saturated carbocycles. The molecule has 0 aliphatic heterocycles. The maximum atomic E-state index is 13.1. The fraction of sp³-hybridized carbons (Fsp3) is 0.150. The maximum Gasteiger partial charge on any atom is 0.262 e. The van der Waals surface area contributed by atoms with Gasteiger partial charge in [-0.2, -0.15) is 4.98 Å². The van der Waals surface area contributed by atoms with Gasteiger partial charge in [-0.3, -0.25) is 4.79 Å². The Morgan fingerprint density at radius 2 is 1.85 bits per heavy atom. The fourth-order valence-corrected chi connectivity index (χ4v) is 2.98. The van der Waals surface area contributed by atoms with Gasteiger partial charge in [0.15, 0.2) is 12.4 Å². The molecule has 1 aromatic heterocycles. The summed E-state index contributed by atoms with van der Waals surface area (Å²) in [5.74, 6) is 0.0487. The van der Waals surface area contributed by atoms with Crippen molar-refractivity contribution in [2.24, 2.45) is 0 Å². The Hall–Kier alpha value is -2.80. The highest BCUT2D eigenvalue weighted by Gasteiger charge is 2.10. The van der Waals surface area contributed by atoms with Crippen LogP contribution in [0.2, 0.25) is 0 Å². The largest absolute Gasteiger partial charge is 0.467 e. The average Bonchev–Trinajstić information content (AvgIpc) is 2.62. The van der Waals surface area contributed by atoms with Gasteiger partial charge in [-0.1, -0.05) is 6.07 Å². The van der Waals surface area contributed by atoms with Crippen molar-refractivity contribution in [3.05, 3.63) is 70.1 Å². The van der Waals surface area contributed by atoms with Crippen molar-refractivity contribution >= 4 is 27.5 Å². The summed E-state index contributed by atoms with van der Waals surface area (Å²) >= 11 is 3.42. The molecule has 0 aliphatic rings. The third-order valence-corrected chi connectivity index (χ3v) is 4.34. The second-order valence-corrected chi connectivity index (χ2v) is 6.85. The predicted octanol–water partition coefficient (Wildman–Crippen LogP) is 4.68. The lowest BCUT2D eigenvalue weighted by molar-refractivity contribution is -0.118. The predicted molar refractivity (Wildman–Crippen MR) is 105 cm³/mol. The lowest BCUT2D eigenvalue weighted by atomic mass is 10.2. The first-order valence-corrected chi connectivity index (χ1v) is 9.00. The summed E-state index contributed by atoms with van der Waals surface area (Å²) in [5, 5.41) is 2.78. The van der Waals surface area contributed by atoms with Crippen LogP contribution in [0.3, 0.4) is 0 Å². The van der Waals surface area contributed by atoms with E-state index in [0.717, 1.165) is 10.0 Å². The first-order valence-electron chi connectivity index (χ1n) is 8.21. The molecule has 1 heterocycles. The van der Waals surface area contributed by atoms with Crippen molar-refractivity contribution in [2.75, 3.05) is 11.9 Å². The summed E-state index contributed by atoms with van der Waals surface area (Å²) in [5.41, 5.74) is 3.10. The summed E-state index contributed by atoms with van der Waals surface area (Å²) in [4.78, 5) is 20.8.